The summed E-state index contributed by atoms with van der Waals surface area (Å²) in [5.74, 6) is -1.80. The molecule has 0 heterocycles. The van der Waals surface area contributed by atoms with E-state index in [1.807, 2.05) is 13.8 Å². The highest BCUT2D eigenvalue weighted by atomic mass is 16.7. The number of amides is 1. The second kappa shape index (κ2) is 9.37. The van der Waals surface area contributed by atoms with Gasteiger partial charge in [0, 0.05) is 6.92 Å². The summed E-state index contributed by atoms with van der Waals surface area (Å²) in [6.45, 7) is 10.1. The van der Waals surface area contributed by atoms with Crippen LogP contribution in [0.1, 0.15) is 60.8 Å². The monoisotopic (exact) mass is 331 g/mol. The first kappa shape index (κ1) is 21.2. The van der Waals surface area contributed by atoms with E-state index in [0.29, 0.717) is 6.42 Å². The lowest BCUT2D eigenvalue weighted by molar-refractivity contribution is -0.169. The first-order chi connectivity index (χ1) is 10.6. The number of hydrogen-bond donors (Lipinski definition) is 2. The van der Waals surface area contributed by atoms with E-state index in [1.54, 1.807) is 13.8 Å². The standard InChI is InChI=1S/C16H29NO6/c1-7-12(8-2)9-16(6,14(19)20)17-15(21)23-11(5)22-13(18)10(3)4/h10-12H,7-9H2,1-6H3,(H,17,21)(H,19,20)/t11-,16+/m1/s1. The molecule has 0 unspecified atom stereocenters. The minimum atomic E-state index is -1.43. The lowest BCUT2D eigenvalue weighted by atomic mass is 9.86. The number of alkyl carbamates (subject to hydrolysis) is 1. The molecule has 0 rings (SSSR count). The van der Waals surface area contributed by atoms with E-state index in [4.69, 9.17) is 9.47 Å². The highest BCUT2D eigenvalue weighted by Gasteiger charge is 2.37. The van der Waals surface area contributed by atoms with Crippen LogP contribution in [0.4, 0.5) is 4.79 Å². The van der Waals surface area contributed by atoms with Crippen LogP contribution in [0.25, 0.3) is 0 Å². The number of carbonyl (C=O) groups is 3. The highest BCUT2D eigenvalue weighted by Crippen LogP contribution is 2.23. The molecule has 0 spiro atoms. The van der Waals surface area contributed by atoms with E-state index < -0.39 is 29.9 Å². The molecule has 0 aliphatic heterocycles. The van der Waals surface area contributed by atoms with Gasteiger partial charge in [-0.1, -0.05) is 40.5 Å². The Kier molecular flexibility index (Phi) is 8.64. The molecule has 0 radical (unpaired) electrons. The molecular formula is C16H29NO6. The third-order valence-electron chi connectivity index (χ3n) is 3.73. The van der Waals surface area contributed by atoms with Gasteiger partial charge in [-0.2, -0.15) is 0 Å². The van der Waals surface area contributed by atoms with Gasteiger partial charge < -0.3 is 19.9 Å². The van der Waals surface area contributed by atoms with Crippen molar-refractivity contribution >= 4 is 18.0 Å². The fourth-order valence-corrected chi connectivity index (χ4v) is 2.08. The van der Waals surface area contributed by atoms with E-state index in [1.165, 1.54) is 13.8 Å². The van der Waals surface area contributed by atoms with Crippen molar-refractivity contribution in [3.8, 4) is 0 Å². The summed E-state index contributed by atoms with van der Waals surface area (Å²) in [6, 6.07) is 0. The van der Waals surface area contributed by atoms with Crippen LogP contribution < -0.4 is 5.32 Å². The van der Waals surface area contributed by atoms with Crippen LogP contribution in [0.15, 0.2) is 0 Å². The van der Waals surface area contributed by atoms with Crippen LogP contribution in [-0.2, 0) is 19.1 Å². The van der Waals surface area contributed by atoms with Crippen LogP contribution >= 0.6 is 0 Å². The number of ether oxygens (including phenoxy) is 2. The van der Waals surface area contributed by atoms with Crippen LogP contribution in [0.5, 0.6) is 0 Å². The molecule has 1 amide bonds. The van der Waals surface area contributed by atoms with Gasteiger partial charge in [0.2, 0.25) is 6.29 Å². The maximum absolute atomic E-state index is 11.9. The Morgan fingerprint density at radius 2 is 1.61 bits per heavy atom. The Labute approximate surface area is 137 Å². The Hall–Kier alpha value is -1.79. The molecule has 0 aliphatic rings. The molecule has 2 atom stereocenters. The van der Waals surface area contributed by atoms with Gasteiger partial charge in [-0.05, 0) is 19.3 Å². The van der Waals surface area contributed by atoms with Crippen molar-refractivity contribution in [1.82, 2.24) is 5.32 Å². The smallest absolute Gasteiger partial charge is 0.411 e. The van der Waals surface area contributed by atoms with Gasteiger partial charge in [-0.15, -0.1) is 0 Å². The molecular weight excluding hydrogens is 302 g/mol. The number of carbonyl (C=O) groups excluding carboxylic acids is 2. The zero-order valence-electron chi connectivity index (χ0n) is 14.8. The Morgan fingerprint density at radius 3 is 2.00 bits per heavy atom. The Balaban J connectivity index is 4.73. The molecule has 0 aliphatic carbocycles. The molecule has 0 aromatic carbocycles. The summed E-state index contributed by atoms with van der Waals surface area (Å²) in [5, 5.41) is 11.8. The summed E-state index contributed by atoms with van der Waals surface area (Å²) in [4.78, 5) is 34.8. The first-order valence-corrected chi connectivity index (χ1v) is 7.98. The van der Waals surface area contributed by atoms with Gasteiger partial charge in [-0.3, -0.25) is 4.79 Å². The summed E-state index contributed by atoms with van der Waals surface area (Å²) < 4.78 is 9.82. The van der Waals surface area contributed by atoms with Crippen molar-refractivity contribution in [1.29, 1.82) is 0 Å². The third-order valence-corrected chi connectivity index (χ3v) is 3.73. The molecule has 0 aromatic heterocycles. The average Bonchev–Trinajstić information content (AvgIpc) is 2.43. The summed E-state index contributed by atoms with van der Waals surface area (Å²) in [7, 11) is 0. The zero-order valence-corrected chi connectivity index (χ0v) is 14.8. The number of aliphatic carboxylic acids is 1. The Morgan fingerprint density at radius 1 is 1.09 bits per heavy atom. The third kappa shape index (κ3) is 7.34. The van der Waals surface area contributed by atoms with Crippen LogP contribution in [-0.4, -0.2) is 35.0 Å². The number of carboxylic acids is 1. The topological polar surface area (TPSA) is 102 Å². The minimum absolute atomic E-state index is 0.174. The molecule has 2 N–H and O–H groups in total. The number of rotatable bonds is 9. The average molecular weight is 331 g/mol. The van der Waals surface area contributed by atoms with Crippen LogP contribution in [0, 0.1) is 11.8 Å². The molecule has 23 heavy (non-hydrogen) atoms. The fourth-order valence-electron chi connectivity index (χ4n) is 2.08. The molecule has 0 fully saturated rings. The zero-order chi connectivity index (χ0) is 18.2. The van der Waals surface area contributed by atoms with Crippen molar-refractivity contribution in [3.05, 3.63) is 0 Å². The Bertz CT molecular complexity index is 419. The number of nitrogens with one attached hydrogen (secondary N) is 1. The van der Waals surface area contributed by atoms with Gasteiger partial charge in [0.05, 0.1) is 5.92 Å². The second-order valence-electron chi connectivity index (χ2n) is 6.21. The van der Waals surface area contributed by atoms with Gasteiger partial charge in [0.15, 0.2) is 0 Å². The predicted octanol–water partition coefficient (Wildman–Crippen LogP) is 2.93. The molecule has 0 saturated carbocycles. The van der Waals surface area contributed by atoms with Crippen molar-refractivity contribution in [2.24, 2.45) is 11.8 Å². The summed E-state index contributed by atoms with van der Waals surface area (Å²) >= 11 is 0. The van der Waals surface area contributed by atoms with Gasteiger partial charge in [0.25, 0.3) is 0 Å². The van der Waals surface area contributed by atoms with E-state index in [2.05, 4.69) is 5.32 Å². The number of esters is 1. The van der Waals surface area contributed by atoms with E-state index >= 15 is 0 Å². The minimum Gasteiger partial charge on any atom is -0.480 e. The molecule has 134 valence electrons. The number of carboxylic acid groups (broad SMARTS) is 1. The van der Waals surface area contributed by atoms with E-state index in [0.717, 1.165) is 12.8 Å². The molecule has 0 saturated heterocycles. The summed E-state index contributed by atoms with van der Waals surface area (Å²) in [6.07, 6.45) is -0.0808. The maximum atomic E-state index is 11.9. The normalized spacial score (nSPS) is 15.0. The molecule has 0 bridgehead atoms. The quantitative estimate of drug-likeness (QED) is 0.497. The molecule has 7 heteroatoms. The van der Waals surface area contributed by atoms with Crippen LogP contribution in [0.3, 0.4) is 0 Å². The van der Waals surface area contributed by atoms with Crippen LogP contribution in [0.2, 0.25) is 0 Å². The fraction of sp³-hybridized carbons (Fsp3) is 0.812. The predicted molar refractivity (Wildman–Crippen MR) is 84.7 cm³/mol. The van der Waals surface area contributed by atoms with Crippen molar-refractivity contribution < 1.29 is 29.0 Å². The van der Waals surface area contributed by atoms with Crippen molar-refractivity contribution in [2.45, 2.75) is 72.6 Å². The van der Waals surface area contributed by atoms with Crippen molar-refractivity contribution in [3.63, 3.8) is 0 Å². The molecule has 0 aromatic rings. The van der Waals surface area contributed by atoms with E-state index in [9.17, 15) is 19.5 Å². The largest absolute Gasteiger partial charge is 0.480 e. The van der Waals surface area contributed by atoms with Gasteiger partial charge in [-0.25, -0.2) is 9.59 Å². The first-order valence-electron chi connectivity index (χ1n) is 7.98. The SMILES string of the molecule is CCC(CC)C[C@](C)(NC(=O)O[C@H](C)OC(=O)C(C)C)C(=O)O. The summed E-state index contributed by atoms with van der Waals surface area (Å²) in [5.41, 5.74) is -1.43. The maximum Gasteiger partial charge on any atom is 0.411 e. The van der Waals surface area contributed by atoms with E-state index in [-0.39, 0.29) is 11.8 Å². The lowest BCUT2D eigenvalue weighted by Crippen LogP contribution is -2.54. The number of hydrogen-bond acceptors (Lipinski definition) is 5. The lowest BCUT2D eigenvalue weighted by Gasteiger charge is -2.30. The van der Waals surface area contributed by atoms with Gasteiger partial charge in [0.1, 0.15) is 5.54 Å². The van der Waals surface area contributed by atoms with Gasteiger partial charge >= 0.3 is 18.0 Å². The van der Waals surface area contributed by atoms with Crippen molar-refractivity contribution in [2.75, 3.05) is 0 Å². The molecule has 7 nitrogen and oxygen atoms in total. The highest BCUT2D eigenvalue weighted by molar-refractivity contribution is 5.84. The second-order valence-corrected chi connectivity index (χ2v) is 6.21.